The predicted octanol–water partition coefficient (Wildman–Crippen LogP) is 3.02. The van der Waals surface area contributed by atoms with Gasteiger partial charge in [0.1, 0.15) is 10.4 Å². The van der Waals surface area contributed by atoms with Gasteiger partial charge in [0.15, 0.2) is 0 Å². The first-order valence-corrected chi connectivity index (χ1v) is 10.7. The average molecular weight is 433 g/mol. The summed E-state index contributed by atoms with van der Waals surface area (Å²) in [5.41, 5.74) is 2.04. The summed E-state index contributed by atoms with van der Waals surface area (Å²) in [6, 6.07) is 11.0. The Labute approximate surface area is 163 Å². The smallest absolute Gasteiger partial charge is 0.282 e. The van der Waals surface area contributed by atoms with Crippen molar-refractivity contribution in [2.45, 2.75) is 9.79 Å². The standard InChI is InChI=1S/C16H11N5O6S2/c22-28(23,24)12-5-9-1-2-10(6-13(9)16(8-12)29(25,26)27)17-18-11-3-4-14-15(7-11)20-21-19-14/h1-8H,(H,19,20,21)(H,22,23,24)(H,25,26,27)/b18-17+. The summed E-state index contributed by atoms with van der Waals surface area (Å²) in [5.74, 6) is 0. The summed E-state index contributed by atoms with van der Waals surface area (Å²) in [6.07, 6.45) is 0. The zero-order valence-electron chi connectivity index (χ0n) is 14.3. The van der Waals surface area contributed by atoms with Crippen molar-refractivity contribution in [3.63, 3.8) is 0 Å². The third-order valence-corrected chi connectivity index (χ3v) is 5.76. The molecule has 148 valence electrons. The number of fused-ring (bicyclic) bond motifs is 2. The molecule has 0 saturated carbocycles. The van der Waals surface area contributed by atoms with E-state index in [-0.39, 0.29) is 16.5 Å². The van der Waals surface area contributed by atoms with E-state index in [9.17, 15) is 25.9 Å². The summed E-state index contributed by atoms with van der Waals surface area (Å²) in [5, 5.41) is 18.5. The van der Waals surface area contributed by atoms with E-state index in [1.54, 1.807) is 18.2 Å². The fraction of sp³-hybridized carbons (Fsp3) is 0. The molecule has 0 radical (unpaired) electrons. The van der Waals surface area contributed by atoms with Gasteiger partial charge in [-0.3, -0.25) is 14.2 Å². The largest absolute Gasteiger partial charge is 0.295 e. The van der Waals surface area contributed by atoms with Crippen LogP contribution in [0.2, 0.25) is 0 Å². The van der Waals surface area contributed by atoms with Crippen molar-refractivity contribution in [1.82, 2.24) is 15.4 Å². The van der Waals surface area contributed by atoms with Crippen LogP contribution in [0.4, 0.5) is 11.4 Å². The first-order chi connectivity index (χ1) is 13.6. The maximum atomic E-state index is 11.7. The quantitative estimate of drug-likeness (QED) is 0.325. The monoisotopic (exact) mass is 433 g/mol. The molecule has 3 N–H and O–H groups in total. The lowest BCUT2D eigenvalue weighted by Crippen LogP contribution is -2.04. The van der Waals surface area contributed by atoms with Crippen LogP contribution >= 0.6 is 0 Å². The molecule has 1 aromatic heterocycles. The van der Waals surface area contributed by atoms with Gasteiger partial charge in [0, 0.05) is 5.39 Å². The molecule has 0 aliphatic carbocycles. The summed E-state index contributed by atoms with van der Waals surface area (Å²) in [4.78, 5) is -1.34. The molecule has 4 rings (SSSR count). The van der Waals surface area contributed by atoms with E-state index in [1.807, 2.05) is 0 Å². The lowest BCUT2D eigenvalue weighted by atomic mass is 10.1. The summed E-state index contributed by atoms with van der Waals surface area (Å²) in [6.45, 7) is 0. The SMILES string of the molecule is O=S(=O)(O)c1cc(S(=O)(=O)O)c2cc(/N=N/c3ccc4[nH]nnc4c3)ccc2c1. The van der Waals surface area contributed by atoms with Gasteiger partial charge in [-0.15, -0.1) is 5.10 Å². The Hall–Kier alpha value is -3.26. The van der Waals surface area contributed by atoms with E-state index < -0.39 is 30.0 Å². The lowest BCUT2D eigenvalue weighted by Gasteiger charge is -2.07. The molecule has 0 saturated heterocycles. The molecule has 0 aliphatic rings. The van der Waals surface area contributed by atoms with E-state index in [4.69, 9.17) is 0 Å². The van der Waals surface area contributed by atoms with Crippen LogP contribution in [0.25, 0.3) is 21.8 Å². The minimum Gasteiger partial charge on any atom is -0.282 e. The molecule has 13 heteroatoms. The predicted molar refractivity (Wildman–Crippen MR) is 102 cm³/mol. The molecule has 4 aromatic rings. The van der Waals surface area contributed by atoms with Crippen LogP contribution in [-0.4, -0.2) is 41.4 Å². The first kappa shape index (κ1) is 19.1. The topological polar surface area (TPSA) is 175 Å². The Morgan fingerprint density at radius 1 is 0.828 bits per heavy atom. The fourth-order valence-electron chi connectivity index (χ4n) is 2.72. The number of rotatable bonds is 4. The molecule has 0 bridgehead atoms. The highest BCUT2D eigenvalue weighted by molar-refractivity contribution is 7.86. The molecule has 0 fully saturated rings. The van der Waals surface area contributed by atoms with Crippen molar-refractivity contribution in [3.8, 4) is 0 Å². The van der Waals surface area contributed by atoms with E-state index in [2.05, 4.69) is 25.6 Å². The molecule has 0 atom stereocenters. The highest BCUT2D eigenvalue weighted by atomic mass is 32.2. The van der Waals surface area contributed by atoms with Crippen LogP contribution in [0.15, 0.2) is 68.6 Å². The van der Waals surface area contributed by atoms with Crippen molar-refractivity contribution in [1.29, 1.82) is 0 Å². The molecule has 11 nitrogen and oxygen atoms in total. The molecule has 1 heterocycles. The number of benzene rings is 3. The number of nitrogens with zero attached hydrogens (tertiary/aromatic N) is 4. The van der Waals surface area contributed by atoms with Gasteiger partial charge in [-0.25, -0.2) is 0 Å². The van der Waals surface area contributed by atoms with Crippen molar-refractivity contribution in [2.24, 2.45) is 10.2 Å². The first-order valence-electron chi connectivity index (χ1n) is 7.87. The number of nitrogens with one attached hydrogen (secondary N) is 1. The summed E-state index contributed by atoms with van der Waals surface area (Å²) >= 11 is 0. The molecule has 3 aromatic carbocycles. The second kappa shape index (κ2) is 6.66. The zero-order valence-corrected chi connectivity index (χ0v) is 15.9. The molecule has 0 aliphatic heterocycles. The van der Waals surface area contributed by atoms with Crippen LogP contribution < -0.4 is 0 Å². The Bertz CT molecular complexity index is 1510. The Balaban J connectivity index is 1.82. The summed E-state index contributed by atoms with van der Waals surface area (Å²) in [7, 11) is -9.46. The van der Waals surface area contributed by atoms with Crippen LogP contribution in [0.5, 0.6) is 0 Å². The van der Waals surface area contributed by atoms with Gasteiger partial charge < -0.3 is 0 Å². The normalized spacial score (nSPS) is 12.9. The molecule has 0 amide bonds. The lowest BCUT2D eigenvalue weighted by molar-refractivity contribution is 0.482. The van der Waals surface area contributed by atoms with Crippen LogP contribution in [0.1, 0.15) is 0 Å². The average Bonchev–Trinajstić information content (AvgIpc) is 3.11. The Morgan fingerprint density at radius 3 is 2.21 bits per heavy atom. The van der Waals surface area contributed by atoms with E-state index >= 15 is 0 Å². The maximum absolute atomic E-state index is 11.7. The minimum absolute atomic E-state index is 0.0169. The minimum atomic E-state index is -4.78. The number of azo groups is 1. The highest BCUT2D eigenvalue weighted by Crippen LogP contribution is 2.31. The van der Waals surface area contributed by atoms with Crippen LogP contribution in [0, 0.1) is 0 Å². The second-order valence-electron chi connectivity index (χ2n) is 5.99. The molecule has 0 spiro atoms. The molecular weight excluding hydrogens is 422 g/mol. The third kappa shape index (κ3) is 3.84. The van der Waals surface area contributed by atoms with Gasteiger partial charge in [0.05, 0.1) is 21.8 Å². The van der Waals surface area contributed by atoms with Crippen molar-refractivity contribution in [2.75, 3.05) is 0 Å². The second-order valence-corrected chi connectivity index (χ2v) is 8.80. The zero-order chi connectivity index (χ0) is 20.8. The number of hydrogen-bond acceptors (Lipinski definition) is 8. The van der Waals surface area contributed by atoms with Crippen molar-refractivity contribution in [3.05, 3.63) is 48.5 Å². The van der Waals surface area contributed by atoms with Gasteiger partial charge in [0.2, 0.25) is 0 Å². The molecular formula is C16H11N5O6S2. The maximum Gasteiger partial charge on any atom is 0.295 e. The van der Waals surface area contributed by atoms with Crippen molar-refractivity contribution < 1.29 is 25.9 Å². The van der Waals surface area contributed by atoms with Gasteiger partial charge in [0.25, 0.3) is 20.2 Å². The van der Waals surface area contributed by atoms with Crippen LogP contribution in [0.3, 0.4) is 0 Å². The van der Waals surface area contributed by atoms with Gasteiger partial charge in [-0.1, -0.05) is 11.3 Å². The van der Waals surface area contributed by atoms with E-state index in [1.165, 1.54) is 18.2 Å². The van der Waals surface area contributed by atoms with Gasteiger partial charge in [-0.05, 0) is 47.9 Å². The Kier molecular flexibility index (Phi) is 4.38. The number of aromatic amines is 1. The summed E-state index contributed by atoms with van der Waals surface area (Å²) < 4.78 is 64.9. The van der Waals surface area contributed by atoms with Crippen molar-refractivity contribution >= 4 is 53.4 Å². The highest BCUT2D eigenvalue weighted by Gasteiger charge is 2.20. The fourth-order valence-corrected chi connectivity index (χ4v) is 4.07. The number of aromatic nitrogens is 3. The van der Waals surface area contributed by atoms with E-state index in [0.29, 0.717) is 17.3 Å². The third-order valence-electron chi connectivity index (χ3n) is 4.04. The van der Waals surface area contributed by atoms with Crippen LogP contribution in [-0.2, 0) is 20.2 Å². The van der Waals surface area contributed by atoms with Gasteiger partial charge in [-0.2, -0.15) is 27.1 Å². The van der Waals surface area contributed by atoms with Gasteiger partial charge >= 0.3 is 0 Å². The number of hydrogen-bond donors (Lipinski definition) is 3. The van der Waals surface area contributed by atoms with E-state index in [0.717, 1.165) is 11.6 Å². The molecule has 29 heavy (non-hydrogen) atoms. The molecule has 0 unspecified atom stereocenters. The Morgan fingerprint density at radius 2 is 1.52 bits per heavy atom. The number of H-pyrrole nitrogens is 1.